The van der Waals surface area contributed by atoms with Crippen LogP contribution in [0.25, 0.3) is 0 Å². The maximum absolute atomic E-state index is 14.3. The van der Waals surface area contributed by atoms with E-state index >= 15 is 0 Å². The molecule has 10 nitrogen and oxygen atoms in total. The predicted octanol–water partition coefficient (Wildman–Crippen LogP) is 2.43. The molecule has 3 saturated heterocycles. The van der Waals surface area contributed by atoms with Gasteiger partial charge in [-0.05, 0) is 60.8 Å². The average molecular weight is 619 g/mol. The Kier molecular flexibility index (Phi) is 8.30. The minimum Gasteiger partial charge on any atom is -0.350 e. The highest BCUT2D eigenvalue weighted by Crippen LogP contribution is 2.65. The fourth-order valence-corrected chi connectivity index (χ4v) is 8.13. The van der Waals surface area contributed by atoms with Gasteiger partial charge < -0.3 is 20.9 Å². The number of carbonyl (C=O) groups excluding carboxylic acids is 4. The third kappa shape index (κ3) is 6.44. The highest BCUT2D eigenvalue weighted by atomic mass is 19.3. The molecule has 0 bridgehead atoms. The monoisotopic (exact) mass is 618 g/mol. The van der Waals surface area contributed by atoms with E-state index in [0.29, 0.717) is 26.1 Å². The fraction of sp³-hybridized carbons (Fsp3) is 0.844. The van der Waals surface area contributed by atoms with Crippen molar-refractivity contribution in [1.82, 2.24) is 25.8 Å². The molecule has 2 saturated carbocycles. The lowest BCUT2D eigenvalue weighted by molar-refractivity contribution is -0.146. The Bertz CT molecular complexity index is 1240. The van der Waals surface area contributed by atoms with Crippen LogP contribution in [-0.2, 0) is 19.2 Å². The van der Waals surface area contributed by atoms with Crippen LogP contribution in [0.5, 0.6) is 0 Å². The van der Waals surface area contributed by atoms with Crippen LogP contribution in [0.4, 0.5) is 8.78 Å². The number of fused-ring (bicyclic) bond motifs is 1. The first-order chi connectivity index (χ1) is 20.4. The Morgan fingerprint density at radius 1 is 1.14 bits per heavy atom. The Labute approximate surface area is 259 Å². The van der Waals surface area contributed by atoms with Crippen molar-refractivity contribution >= 4 is 23.6 Å². The lowest BCUT2D eigenvalue weighted by Crippen LogP contribution is -2.60. The van der Waals surface area contributed by atoms with E-state index in [1.54, 1.807) is 4.90 Å². The highest BCUT2D eigenvalue weighted by molar-refractivity contribution is 5.94. The number of nitriles is 1. The normalized spacial score (nSPS) is 32.7. The first kappa shape index (κ1) is 32.6. The molecular formula is C32H48F2N6O4. The number of rotatable bonds is 9. The maximum Gasteiger partial charge on any atom is 0.260 e. The van der Waals surface area contributed by atoms with Crippen molar-refractivity contribution < 1.29 is 28.0 Å². The molecule has 12 heteroatoms. The van der Waals surface area contributed by atoms with Gasteiger partial charge in [0.1, 0.15) is 18.1 Å². The minimum atomic E-state index is -2.87. The van der Waals surface area contributed by atoms with Crippen LogP contribution in [0.3, 0.4) is 0 Å². The molecule has 0 radical (unpaired) electrons. The second kappa shape index (κ2) is 11.2. The van der Waals surface area contributed by atoms with Crippen molar-refractivity contribution in [3.8, 4) is 6.07 Å². The van der Waals surface area contributed by atoms with Crippen LogP contribution in [0.15, 0.2) is 0 Å². The lowest BCUT2D eigenvalue weighted by atomic mass is 9.84. The zero-order chi connectivity index (χ0) is 32.4. The van der Waals surface area contributed by atoms with Crippen molar-refractivity contribution in [2.75, 3.05) is 26.2 Å². The number of hydrogen-bond donors (Lipinski definition) is 3. The molecular weight excluding hydrogens is 570 g/mol. The van der Waals surface area contributed by atoms with Gasteiger partial charge in [0, 0.05) is 37.4 Å². The summed E-state index contributed by atoms with van der Waals surface area (Å²) < 4.78 is 28.6. The Morgan fingerprint density at radius 2 is 1.82 bits per heavy atom. The van der Waals surface area contributed by atoms with Crippen molar-refractivity contribution in [3.63, 3.8) is 0 Å². The van der Waals surface area contributed by atoms with Crippen molar-refractivity contribution in [2.24, 2.45) is 34.5 Å². The van der Waals surface area contributed by atoms with E-state index in [4.69, 9.17) is 0 Å². The van der Waals surface area contributed by atoms with Crippen LogP contribution in [0, 0.1) is 45.8 Å². The second-order valence-corrected chi connectivity index (χ2v) is 15.8. The number of alkyl halides is 2. The van der Waals surface area contributed by atoms with Gasteiger partial charge in [-0.2, -0.15) is 5.26 Å². The highest BCUT2D eigenvalue weighted by Gasteiger charge is 2.70. The molecule has 0 aromatic heterocycles. The molecule has 3 heterocycles. The number of piperidine rings is 2. The molecule has 3 N–H and O–H groups in total. The minimum absolute atomic E-state index is 0.0823. The average Bonchev–Trinajstić information content (AvgIpc) is 3.63. The van der Waals surface area contributed by atoms with Gasteiger partial charge in [0.25, 0.3) is 5.92 Å². The van der Waals surface area contributed by atoms with E-state index in [0.717, 1.165) is 12.8 Å². The van der Waals surface area contributed by atoms with Crippen molar-refractivity contribution in [3.05, 3.63) is 0 Å². The Morgan fingerprint density at radius 3 is 2.39 bits per heavy atom. The molecule has 2 aliphatic carbocycles. The summed E-state index contributed by atoms with van der Waals surface area (Å²) in [6.07, 6.45) is 2.26. The first-order valence-corrected chi connectivity index (χ1v) is 16.1. The number of nitrogens with one attached hydrogen (secondary N) is 3. The number of hydrogen-bond acceptors (Lipinski definition) is 6. The zero-order valence-electron chi connectivity index (χ0n) is 26.8. The van der Waals surface area contributed by atoms with Gasteiger partial charge in [-0.3, -0.25) is 24.1 Å². The first-order valence-electron chi connectivity index (χ1n) is 16.1. The third-order valence-corrected chi connectivity index (χ3v) is 10.9. The molecule has 0 aromatic rings. The molecule has 5 fully saturated rings. The predicted molar refractivity (Wildman–Crippen MR) is 158 cm³/mol. The summed E-state index contributed by atoms with van der Waals surface area (Å²) >= 11 is 0. The van der Waals surface area contributed by atoms with Crippen molar-refractivity contribution in [2.45, 2.75) is 110 Å². The molecule has 1 unspecified atom stereocenters. The third-order valence-electron chi connectivity index (χ3n) is 10.9. The van der Waals surface area contributed by atoms with E-state index < -0.39 is 53.1 Å². The number of likely N-dealkylation sites (tertiary alicyclic amines) is 2. The molecule has 5 rings (SSSR count). The largest absolute Gasteiger partial charge is 0.350 e. The van der Waals surface area contributed by atoms with E-state index in [9.17, 15) is 33.2 Å². The van der Waals surface area contributed by atoms with Gasteiger partial charge in [-0.25, -0.2) is 8.78 Å². The summed E-state index contributed by atoms with van der Waals surface area (Å²) in [6, 6.07) is -0.523. The van der Waals surface area contributed by atoms with Crippen LogP contribution in [0.2, 0.25) is 0 Å². The summed E-state index contributed by atoms with van der Waals surface area (Å²) in [4.78, 5) is 56.9. The van der Waals surface area contributed by atoms with E-state index in [1.165, 1.54) is 4.90 Å². The Hall–Kier alpha value is -2.81. The number of nitrogens with zero attached hydrogens (tertiary/aromatic N) is 3. The summed E-state index contributed by atoms with van der Waals surface area (Å²) in [5.41, 5.74) is -1.01. The van der Waals surface area contributed by atoms with Crippen molar-refractivity contribution in [1.29, 1.82) is 5.26 Å². The SMILES string of the molecule is CCN1CC(CC(=O)N[C@H](C(=O)N2C[C@H]3[C@@H]([C@H]2C(=O)N[C@H](C#N)C[C@@H]2CC4(CC4)NC2=O)C3(C)C)C(C)(C)C)CC(F)(F)C1. The molecule has 5 aliphatic rings. The number of carbonyl (C=O) groups is 4. The molecule has 7 atom stereocenters. The summed E-state index contributed by atoms with van der Waals surface area (Å²) in [5.74, 6) is -5.12. The smallest absolute Gasteiger partial charge is 0.260 e. The Balaban J connectivity index is 1.27. The zero-order valence-corrected chi connectivity index (χ0v) is 26.8. The number of halogens is 2. The van der Waals surface area contributed by atoms with Gasteiger partial charge in [0.2, 0.25) is 23.6 Å². The molecule has 44 heavy (non-hydrogen) atoms. The van der Waals surface area contributed by atoms with Crippen LogP contribution >= 0.6 is 0 Å². The molecule has 244 valence electrons. The van der Waals surface area contributed by atoms with E-state index in [2.05, 4.69) is 35.9 Å². The standard InChI is InChI=1S/C32H48F2N6O4/c1-7-39-15-18(12-32(33,34)17-39)10-22(41)37-25(29(2,3)4)28(44)40-16-21-23(30(21,5)6)24(40)27(43)36-20(14-35)11-19-13-31(8-9-31)38-26(19)42/h18-21,23-25H,7-13,15-17H2,1-6H3,(H,36,43)(H,37,41)(H,38,42)/t18?,19-,20+,21+,23+,24+,25-/m1/s1. The van der Waals surface area contributed by atoms with Gasteiger partial charge >= 0.3 is 0 Å². The maximum atomic E-state index is 14.3. The van der Waals surface area contributed by atoms with Crippen LogP contribution < -0.4 is 16.0 Å². The summed E-state index contributed by atoms with van der Waals surface area (Å²) in [5, 5.41) is 18.6. The second-order valence-electron chi connectivity index (χ2n) is 15.8. The molecule has 4 amide bonds. The van der Waals surface area contributed by atoms with Gasteiger partial charge in [-0.15, -0.1) is 0 Å². The molecule has 1 spiro atoms. The quantitative estimate of drug-likeness (QED) is 0.364. The topological polar surface area (TPSA) is 135 Å². The summed E-state index contributed by atoms with van der Waals surface area (Å²) in [6.45, 7) is 12.3. The van der Waals surface area contributed by atoms with Gasteiger partial charge in [-0.1, -0.05) is 41.5 Å². The fourth-order valence-electron chi connectivity index (χ4n) is 8.13. The molecule has 0 aromatic carbocycles. The van der Waals surface area contributed by atoms with Crippen LogP contribution in [-0.4, -0.2) is 89.2 Å². The van der Waals surface area contributed by atoms with E-state index in [-0.39, 0.29) is 60.4 Å². The van der Waals surface area contributed by atoms with Gasteiger partial charge in [0.15, 0.2) is 0 Å². The van der Waals surface area contributed by atoms with Gasteiger partial charge in [0.05, 0.1) is 12.6 Å². The molecule has 3 aliphatic heterocycles. The summed E-state index contributed by atoms with van der Waals surface area (Å²) in [7, 11) is 0. The van der Waals surface area contributed by atoms with Crippen LogP contribution in [0.1, 0.15) is 80.1 Å². The lowest BCUT2D eigenvalue weighted by Gasteiger charge is -2.39. The van der Waals surface area contributed by atoms with E-state index in [1.807, 2.05) is 27.7 Å². The number of amides is 4.